The maximum absolute atomic E-state index is 10.4. The Morgan fingerprint density at radius 3 is 2.85 bits per heavy atom. The van der Waals surface area contributed by atoms with E-state index in [-0.39, 0.29) is 24.8 Å². The molecule has 1 aliphatic rings. The molecule has 5 N–H and O–H groups in total. The number of aliphatic hydroxyl groups excluding tert-OH is 2. The average molecular weight is 373 g/mol. The summed E-state index contributed by atoms with van der Waals surface area (Å²) in [6, 6.07) is 6.68. The Morgan fingerprint density at radius 2 is 2.04 bits per heavy atom. The van der Waals surface area contributed by atoms with Crippen LogP contribution in [0.5, 0.6) is 5.75 Å². The zero-order chi connectivity index (χ0) is 19.0. The lowest BCUT2D eigenvalue weighted by Crippen LogP contribution is -2.33. The van der Waals surface area contributed by atoms with Gasteiger partial charge in [0.05, 0.1) is 19.5 Å². The van der Waals surface area contributed by atoms with Gasteiger partial charge in [0.25, 0.3) is 0 Å². The number of nitrogens with zero attached hydrogens (tertiary/aromatic N) is 4. The van der Waals surface area contributed by atoms with Crippen molar-refractivity contribution in [1.29, 1.82) is 0 Å². The van der Waals surface area contributed by atoms with E-state index in [0.717, 1.165) is 5.56 Å². The Bertz CT molecular complexity index is 948. The zero-order valence-corrected chi connectivity index (χ0v) is 14.2. The van der Waals surface area contributed by atoms with Crippen LogP contribution in [0, 0.1) is 0 Å². The smallest absolute Gasteiger partial charge is 0.167 e. The van der Waals surface area contributed by atoms with Crippen LogP contribution in [-0.2, 0) is 16.1 Å². The van der Waals surface area contributed by atoms with Crippen LogP contribution in [0.2, 0.25) is 0 Å². The van der Waals surface area contributed by atoms with Gasteiger partial charge in [-0.15, -0.1) is 0 Å². The first-order valence-corrected chi connectivity index (χ1v) is 8.35. The molecule has 1 fully saturated rings. The summed E-state index contributed by atoms with van der Waals surface area (Å²) in [5.41, 5.74) is 7.35. The lowest BCUT2D eigenvalue weighted by Gasteiger charge is -2.16. The molecule has 142 valence electrons. The number of aliphatic hydroxyl groups is 2. The van der Waals surface area contributed by atoms with E-state index in [4.69, 9.17) is 15.2 Å². The molecular weight excluding hydrogens is 354 g/mol. The lowest BCUT2D eigenvalue weighted by atomic mass is 10.1. The fourth-order valence-corrected chi connectivity index (χ4v) is 3.09. The van der Waals surface area contributed by atoms with E-state index in [0.29, 0.717) is 11.2 Å². The number of nitrogens with two attached hydrogens (primary N) is 1. The Balaban J connectivity index is 1.45. The molecule has 27 heavy (non-hydrogen) atoms. The van der Waals surface area contributed by atoms with Crippen molar-refractivity contribution in [2.45, 2.75) is 31.1 Å². The number of imidazole rings is 1. The summed E-state index contributed by atoms with van der Waals surface area (Å²) < 4.78 is 12.9. The van der Waals surface area contributed by atoms with Crippen LogP contribution in [0.1, 0.15) is 11.8 Å². The van der Waals surface area contributed by atoms with Gasteiger partial charge in [0, 0.05) is 0 Å². The summed E-state index contributed by atoms with van der Waals surface area (Å²) in [6.45, 7) is 0.299. The van der Waals surface area contributed by atoms with Crippen molar-refractivity contribution >= 4 is 17.0 Å². The molecule has 0 amide bonds. The van der Waals surface area contributed by atoms with Crippen molar-refractivity contribution in [3.63, 3.8) is 0 Å². The molecule has 2 aromatic heterocycles. The number of ether oxygens (including phenoxy) is 2. The summed E-state index contributed by atoms with van der Waals surface area (Å²) in [6.07, 6.45) is -1.22. The van der Waals surface area contributed by atoms with Crippen molar-refractivity contribution in [2.24, 2.45) is 0 Å². The molecule has 1 aromatic carbocycles. The first kappa shape index (κ1) is 17.6. The highest BCUT2D eigenvalue weighted by molar-refractivity contribution is 5.81. The molecule has 0 saturated carbocycles. The molecule has 4 atom stereocenters. The first-order valence-electron chi connectivity index (χ1n) is 8.35. The van der Waals surface area contributed by atoms with Crippen LogP contribution < -0.4 is 5.73 Å². The predicted octanol–water partition coefficient (Wildman–Crippen LogP) is -0.0499. The minimum Gasteiger partial charge on any atom is -0.508 e. The van der Waals surface area contributed by atoms with Crippen molar-refractivity contribution in [2.75, 3.05) is 12.3 Å². The Morgan fingerprint density at radius 1 is 1.19 bits per heavy atom. The molecule has 0 bridgehead atoms. The summed E-state index contributed by atoms with van der Waals surface area (Å²) >= 11 is 0. The van der Waals surface area contributed by atoms with Crippen LogP contribution in [0.4, 0.5) is 5.82 Å². The minimum atomic E-state index is -1.19. The zero-order valence-electron chi connectivity index (χ0n) is 14.2. The highest BCUT2D eigenvalue weighted by Crippen LogP contribution is 2.32. The van der Waals surface area contributed by atoms with Gasteiger partial charge in [0.15, 0.2) is 17.7 Å². The molecule has 10 nitrogen and oxygen atoms in total. The van der Waals surface area contributed by atoms with Gasteiger partial charge in [0.1, 0.15) is 35.9 Å². The number of hydrogen-bond donors (Lipinski definition) is 4. The normalized spacial score (nSPS) is 25.3. The fourth-order valence-electron chi connectivity index (χ4n) is 3.09. The second-order valence-electron chi connectivity index (χ2n) is 6.31. The SMILES string of the molecule is Nc1ncnc2c1ncn2[C@@H]1O[C@H](COCc2cccc(O)c2)[C@@H](O)[C@H]1O. The quantitative estimate of drug-likeness (QED) is 0.483. The fraction of sp³-hybridized carbons (Fsp3) is 0.353. The highest BCUT2D eigenvalue weighted by Gasteiger charge is 2.44. The lowest BCUT2D eigenvalue weighted by molar-refractivity contribution is -0.0682. The molecule has 0 radical (unpaired) electrons. The van der Waals surface area contributed by atoms with E-state index >= 15 is 0 Å². The van der Waals surface area contributed by atoms with Crippen LogP contribution in [-0.4, -0.2) is 59.8 Å². The molecule has 1 aliphatic heterocycles. The number of phenolic OH excluding ortho intramolecular Hbond substituents is 1. The van der Waals surface area contributed by atoms with Gasteiger partial charge < -0.3 is 30.5 Å². The third kappa shape index (κ3) is 3.30. The van der Waals surface area contributed by atoms with Crippen molar-refractivity contribution in [3.8, 4) is 5.75 Å². The Labute approximate surface area is 153 Å². The number of benzene rings is 1. The molecule has 10 heteroatoms. The third-order valence-corrected chi connectivity index (χ3v) is 4.46. The van der Waals surface area contributed by atoms with E-state index < -0.39 is 24.5 Å². The van der Waals surface area contributed by atoms with E-state index in [1.54, 1.807) is 18.2 Å². The maximum atomic E-state index is 10.4. The summed E-state index contributed by atoms with van der Waals surface area (Å²) in [5.74, 6) is 0.370. The number of anilines is 1. The topological polar surface area (TPSA) is 149 Å². The largest absolute Gasteiger partial charge is 0.508 e. The Kier molecular flexibility index (Phi) is 4.62. The minimum absolute atomic E-state index is 0.0636. The van der Waals surface area contributed by atoms with Gasteiger partial charge in [-0.3, -0.25) is 4.57 Å². The Hall–Kier alpha value is -2.79. The van der Waals surface area contributed by atoms with Crippen LogP contribution in [0.3, 0.4) is 0 Å². The van der Waals surface area contributed by atoms with E-state index in [9.17, 15) is 15.3 Å². The van der Waals surface area contributed by atoms with Crippen molar-refractivity contribution in [3.05, 3.63) is 42.5 Å². The van der Waals surface area contributed by atoms with Crippen molar-refractivity contribution < 1.29 is 24.8 Å². The number of aromatic hydroxyl groups is 1. The van der Waals surface area contributed by atoms with Gasteiger partial charge in [-0.2, -0.15) is 0 Å². The summed E-state index contributed by atoms with van der Waals surface area (Å²) in [4.78, 5) is 12.1. The van der Waals surface area contributed by atoms with Gasteiger partial charge in [-0.05, 0) is 17.7 Å². The number of rotatable bonds is 5. The molecule has 0 spiro atoms. The number of hydrogen-bond acceptors (Lipinski definition) is 9. The van der Waals surface area contributed by atoms with E-state index in [1.165, 1.54) is 17.2 Å². The van der Waals surface area contributed by atoms with Crippen LogP contribution >= 0.6 is 0 Å². The summed E-state index contributed by atoms with van der Waals surface area (Å²) in [7, 11) is 0. The van der Waals surface area contributed by atoms with E-state index in [1.807, 2.05) is 6.07 Å². The summed E-state index contributed by atoms with van der Waals surface area (Å²) in [5, 5.41) is 30.2. The second kappa shape index (κ2) is 7.08. The number of phenols is 1. The van der Waals surface area contributed by atoms with Crippen LogP contribution in [0.25, 0.3) is 11.2 Å². The number of nitrogen functional groups attached to an aromatic ring is 1. The van der Waals surface area contributed by atoms with Gasteiger partial charge in [-0.1, -0.05) is 12.1 Å². The second-order valence-corrected chi connectivity index (χ2v) is 6.31. The third-order valence-electron chi connectivity index (χ3n) is 4.46. The molecule has 4 rings (SSSR count). The van der Waals surface area contributed by atoms with Gasteiger partial charge in [0.2, 0.25) is 0 Å². The number of aromatic nitrogens is 4. The molecular formula is C17H19N5O5. The van der Waals surface area contributed by atoms with Gasteiger partial charge in [-0.25, -0.2) is 15.0 Å². The molecule has 1 saturated heterocycles. The maximum Gasteiger partial charge on any atom is 0.167 e. The van der Waals surface area contributed by atoms with Gasteiger partial charge >= 0.3 is 0 Å². The highest BCUT2D eigenvalue weighted by atomic mass is 16.6. The molecule has 3 heterocycles. The first-order chi connectivity index (χ1) is 13.0. The van der Waals surface area contributed by atoms with Crippen LogP contribution in [0.15, 0.2) is 36.9 Å². The monoisotopic (exact) mass is 373 g/mol. The number of fused-ring (bicyclic) bond motifs is 1. The molecule has 0 unspecified atom stereocenters. The molecule has 3 aromatic rings. The standard InChI is InChI=1S/C17H19N5O5/c18-15-12-16(20-7-19-15)22(8-21-12)17-14(25)13(24)11(27-17)6-26-5-9-2-1-3-10(23)4-9/h1-4,7-8,11,13-14,17,23-25H,5-6H2,(H2,18,19,20)/t11-,13-,14-,17-/m1/s1. The van der Waals surface area contributed by atoms with Crippen molar-refractivity contribution in [1.82, 2.24) is 19.5 Å². The van der Waals surface area contributed by atoms with E-state index in [2.05, 4.69) is 15.0 Å². The predicted molar refractivity (Wildman–Crippen MR) is 93.4 cm³/mol. The average Bonchev–Trinajstić information content (AvgIpc) is 3.19. The molecule has 0 aliphatic carbocycles.